The van der Waals surface area contributed by atoms with Crippen molar-refractivity contribution in [3.63, 3.8) is 0 Å². The molecule has 0 spiro atoms. The van der Waals surface area contributed by atoms with Crippen molar-refractivity contribution in [3.05, 3.63) is 33.2 Å². The molecule has 1 atom stereocenters. The van der Waals surface area contributed by atoms with Crippen LogP contribution in [-0.4, -0.2) is 28.6 Å². The fourth-order valence-corrected chi connectivity index (χ4v) is 3.33. The number of aromatic nitrogens is 1. The Labute approximate surface area is 133 Å². The van der Waals surface area contributed by atoms with Crippen molar-refractivity contribution in [2.45, 2.75) is 71.6 Å². The molecule has 1 aromatic heterocycles. The van der Waals surface area contributed by atoms with E-state index < -0.39 is 0 Å². The van der Waals surface area contributed by atoms with Gasteiger partial charge in [-0.15, -0.1) is 0 Å². The Morgan fingerprint density at radius 3 is 2.77 bits per heavy atom. The van der Waals surface area contributed by atoms with Crippen LogP contribution in [0.15, 0.2) is 10.9 Å². The van der Waals surface area contributed by atoms with Crippen LogP contribution in [0, 0.1) is 0 Å². The van der Waals surface area contributed by atoms with E-state index in [0.717, 1.165) is 38.0 Å². The summed E-state index contributed by atoms with van der Waals surface area (Å²) in [4.78, 5) is 15.4. The summed E-state index contributed by atoms with van der Waals surface area (Å²) >= 11 is 0. The maximum Gasteiger partial charge on any atom is 0.255 e. The average Bonchev–Trinajstić information content (AvgIpc) is 3.36. The van der Waals surface area contributed by atoms with Gasteiger partial charge in [-0.25, -0.2) is 0 Å². The van der Waals surface area contributed by atoms with Gasteiger partial charge < -0.3 is 9.88 Å². The summed E-state index contributed by atoms with van der Waals surface area (Å²) in [6.07, 6.45) is 4.46. The van der Waals surface area contributed by atoms with Crippen molar-refractivity contribution in [3.8, 4) is 0 Å². The first-order valence-corrected chi connectivity index (χ1v) is 8.85. The van der Waals surface area contributed by atoms with Crippen LogP contribution in [-0.2, 0) is 19.5 Å². The zero-order valence-corrected chi connectivity index (χ0v) is 14.2. The smallest absolute Gasteiger partial charge is 0.255 e. The van der Waals surface area contributed by atoms with Crippen molar-refractivity contribution < 1.29 is 0 Å². The highest BCUT2D eigenvalue weighted by Crippen LogP contribution is 2.36. The molecule has 1 unspecified atom stereocenters. The lowest BCUT2D eigenvalue weighted by atomic mass is 10.0. The first kappa shape index (κ1) is 15.8. The Hall–Kier alpha value is -1.13. The van der Waals surface area contributed by atoms with E-state index in [-0.39, 0.29) is 5.56 Å². The van der Waals surface area contributed by atoms with Crippen molar-refractivity contribution in [2.75, 3.05) is 13.1 Å². The fourth-order valence-electron chi connectivity index (χ4n) is 3.33. The summed E-state index contributed by atoms with van der Waals surface area (Å²) in [5.41, 5.74) is 3.89. The minimum atomic E-state index is 0.252. The van der Waals surface area contributed by atoms with Crippen LogP contribution in [0.5, 0.6) is 0 Å². The van der Waals surface area contributed by atoms with Gasteiger partial charge in [-0.2, -0.15) is 0 Å². The van der Waals surface area contributed by atoms with Crippen LogP contribution < -0.4 is 10.9 Å². The first-order valence-electron chi connectivity index (χ1n) is 8.85. The van der Waals surface area contributed by atoms with E-state index in [0.29, 0.717) is 18.6 Å². The molecular weight excluding hydrogens is 274 g/mol. The molecule has 0 aromatic carbocycles. The standard InChI is InChI=1S/C18H29N3O/c1-4-13(3)19-11-14-10-15-12-20(5-2)9-8-17(15)21(18(14)22)16-6-7-16/h10,13,16,19H,4-9,11-12H2,1-3H3. The topological polar surface area (TPSA) is 37.3 Å². The Bertz CT molecular complexity index is 589. The van der Waals surface area contributed by atoms with Crippen molar-refractivity contribution in [1.29, 1.82) is 0 Å². The van der Waals surface area contributed by atoms with Crippen LogP contribution in [0.3, 0.4) is 0 Å². The highest BCUT2D eigenvalue weighted by atomic mass is 16.1. The van der Waals surface area contributed by atoms with Crippen LogP contribution in [0.2, 0.25) is 0 Å². The maximum absolute atomic E-state index is 12.9. The maximum atomic E-state index is 12.9. The number of rotatable bonds is 6. The number of pyridine rings is 1. The number of nitrogens with zero attached hydrogens (tertiary/aromatic N) is 2. The Balaban J connectivity index is 1.93. The van der Waals surface area contributed by atoms with Gasteiger partial charge in [0.15, 0.2) is 0 Å². The predicted octanol–water partition coefficient (Wildman–Crippen LogP) is 2.45. The van der Waals surface area contributed by atoms with E-state index in [1.165, 1.54) is 24.1 Å². The summed E-state index contributed by atoms with van der Waals surface area (Å²) in [5.74, 6) is 0. The highest BCUT2D eigenvalue weighted by Gasteiger charge is 2.30. The molecule has 3 rings (SSSR count). The van der Waals surface area contributed by atoms with Gasteiger partial charge in [-0.3, -0.25) is 9.69 Å². The molecule has 2 heterocycles. The molecule has 1 aliphatic carbocycles. The SMILES string of the molecule is CCC(C)NCc1cc2c(n(C3CC3)c1=O)CCN(CC)C2. The van der Waals surface area contributed by atoms with Gasteiger partial charge in [0.1, 0.15) is 0 Å². The van der Waals surface area contributed by atoms with E-state index in [2.05, 4.69) is 41.6 Å². The average molecular weight is 303 g/mol. The molecule has 1 N–H and O–H groups in total. The summed E-state index contributed by atoms with van der Waals surface area (Å²) in [6.45, 7) is 10.4. The molecule has 22 heavy (non-hydrogen) atoms. The van der Waals surface area contributed by atoms with E-state index in [1.807, 2.05) is 0 Å². The first-order chi connectivity index (χ1) is 10.6. The molecular formula is C18H29N3O. The number of hydrogen-bond donors (Lipinski definition) is 1. The third-order valence-electron chi connectivity index (χ3n) is 5.17. The predicted molar refractivity (Wildman–Crippen MR) is 90.2 cm³/mol. The van der Waals surface area contributed by atoms with E-state index in [4.69, 9.17) is 0 Å². The number of nitrogens with one attached hydrogen (secondary N) is 1. The Morgan fingerprint density at radius 2 is 2.14 bits per heavy atom. The van der Waals surface area contributed by atoms with E-state index >= 15 is 0 Å². The third-order valence-corrected chi connectivity index (χ3v) is 5.17. The van der Waals surface area contributed by atoms with Gasteiger partial charge in [0, 0.05) is 49.4 Å². The minimum absolute atomic E-state index is 0.252. The van der Waals surface area contributed by atoms with Gasteiger partial charge >= 0.3 is 0 Å². The molecule has 1 aliphatic heterocycles. The fraction of sp³-hybridized carbons (Fsp3) is 0.722. The van der Waals surface area contributed by atoms with Crippen LogP contribution in [0.4, 0.5) is 0 Å². The van der Waals surface area contributed by atoms with Crippen LogP contribution in [0.25, 0.3) is 0 Å². The molecule has 0 amide bonds. The second kappa shape index (κ2) is 6.55. The molecule has 1 saturated carbocycles. The summed E-state index contributed by atoms with van der Waals surface area (Å²) < 4.78 is 2.13. The van der Waals surface area contributed by atoms with Gasteiger partial charge in [0.25, 0.3) is 5.56 Å². The summed E-state index contributed by atoms with van der Waals surface area (Å²) in [6, 6.07) is 3.10. The quantitative estimate of drug-likeness (QED) is 0.877. The molecule has 2 aliphatic rings. The second-order valence-electron chi connectivity index (χ2n) is 6.86. The van der Waals surface area contributed by atoms with E-state index in [9.17, 15) is 4.79 Å². The molecule has 0 bridgehead atoms. The zero-order chi connectivity index (χ0) is 15.7. The normalized spacial score (nSPS) is 20.0. The van der Waals surface area contributed by atoms with Crippen molar-refractivity contribution in [1.82, 2.24) is 14.8 Å². The Kier molecular flexibility index (Phi) is 4.69. The second-order valence-corrected chi connectivity index (χ2v) is 6.86. The van der Waals surface area contributed by atoms with Gasteiger partial charge in [-0.1, -0.05) is 13.8 Å². The highest BCUT2D eigenvalue weighted by molar-refractivity contribution is 5.30. The molecule has 0 radical (unpaired) electrons. The monoisotopic (exact) mass is 303 g/mol. The minimum Gasteiger partial charge on any atom is -0.310 e. The number of fused-ring (bicyclic) bond motifs is 1. The van der Waals surface area contributed by atoms with E-state index in [1.54, 1.807) is 0 Å². The van der Waals surface area contributed by atoms with Crippen LogP contribution >= 0.6 is 0 Å². The molecule has 1 fully saturated rings. The third kappa shape index (κ3) is 3.13. The van der Waals surface area contributed by atoms with Gasteiger partial charge in [0.2, 0.25) is 0 Å². The lowest BCUT2D eigenvalue weighted by Crippen LogP contribution is -2.38. The largest absolute Gasteiger partial charge is 0.310 e. The van der Waals surface area contributed by atoms with Gasteiger partial charge in [0.05, 0.1) is 0 Å². The molecule has 4 heteroatoms. The van der Waals surface area contributed by atoms with Crippen LogP contribution in [0.1, 0.15) is 62.9 Å². The molecule has 1 aromatic rings. The summed E-state index contributed by atoms with van der Waals surface area (Å²) in [5, 5.41) is 3.48. The van der Waals surface area contributed by atoms with Gasteiger partial charge in [-0.05, 0) is 44.4 Å². The molecule has 4 nitrogen and oxygen atoms in total. The zero-order valence-electron chi connectivity index (χ0n) is 14.2. The Morgan fingerprint density at radius 1 is 1.36 bits per heavy atom. The summed E-state index contributed by atoms with van der Waals surface area (Å²) in [7, 11) is 0. The lowest BCUT2D eigenvalue weighted by Gasteiger charge is -2.30. The number of likely N-dealkylation sites (N-methyl/N-ethyl adjacent to an activating group) is 1. The molecule has 122 valence electrons. The van der Waals surface area contributed by atoms with Crippen molar-refractivity contribution in [2.24, 2.45) is 0 Å². The number of hydrogen-bond acceptors (Lipinski definition) is 3. The lowest BCUT2D eigenvalue weighted by molar-refractivity contribution is 0.261. The van der Waals surface area contributed by atoms with Crippen molar-refractivity contribution >= 4 is 0 Å². The molecule has 0 saturated heterocycles.